The number of carbonyl (C=O) groups is 1. The first-order valence-electron chi connectivity index (χ1n) is 6.63. The maximum absolute atomic E-state index is 12.0. The molecule has 1 aliphatic carbocycles. The van der Waals surface area contributed by atoms with E-state index in [1.54, 1.807) is 0 Å². The van der Waals surface area contributed by atoms with E-state index in [1.165, 1.54) is 5.19 Å². The Kier molecular flexibility index (Phi) is 2.66. The first kappa shape index (κ1) is 11.7. The van der Waals surface area contributed by atoms with Crippen LogP contribution in [0.25, 0.3) is 0 Å². The lowest BCUT2D eigenvalue weighted by Crippen LogP contribution is -2.51. The Morgan fingerprint density at radius 1 is 1.22 bits per heavy atom. The molecule has 94 valence electrons. The van der Waals surface area contributed by atoms with E-state index >= 15 is 0 Å². The monoisotopic (exact) mass is 257 g/mol. The molecule has 3 rings (SSSR count). The van der Waals surface area contributed by atoms with Crippen LogP contribution in [-0.2, 0) is 4.79 Å². The molecule has 1 amide bonds. The SMILES string of the molecule is C[Si](C)(c1ccccc1)C1[C@@H]2CC=C[C@H]1NC2=O. The van der Waals surface area contributed by atoms with Crippen molar-refractivity contribution in [2.24, 2.45) is 5.92 Å². The molecule has 0 spiro atoms. The van der Waals surface area contributed by atoms with Gasteiger partial charge in [0.1, 0.15) is 0 Å². The first-order valence-corrected chi connectivity index (χ1v) is 9.71. The maximum atomic E-state index is 12.0. The van der Waals surface area contributed by atoms with Gasteiger partial charge in [0.15, 0.2) is 0 Å². The highest BCUT2D eigenvalue weighted by atomic mass is 28.3. The van der Waals surface area contributed by atoms with Gasteiger partial charge >= 0.3 is 0 Å². The van der Waals surface area contributed by atoms with Crippen molar-refractivity contribution < 1.29 is 4.79 Å². The molecule has 1 heterocycles. The van der Waals surface area contributed by atoms with Crippen molar-refractivity contribution in [2.75, 3.05) is 0 Å². The minimum atomic E-state index is -1.62. The molecule has 0 radical (unpaired) electrons. The molecule has 1 aromatic carbocycles. The van der Waals surface area contributed by atoms with Crippen molar-refractivity contribution in [3.63, 3.8) is 0 Å². The highest BCUT2D eigenvalue weighted by Crippen LogP contribution is 2.43. The van der Waals surface area contributed by atoms with Gasteiger partial charge in [-0.2, -0.15) is 0 Å². The number of hydrogen-bond acceptors (Lipinski definition) is 1. The van der Waals surface area contributed by atoms with Crippen LogP contribution in [-0.4, -0.2) is 20.0 Å². The summed E-state index contributed by atoms with van der Waals surface area (Å²) in [6.45, 7) is 4.79. The van der Waals surface area contributed by atoms with E-state index in [9.17, 15) is 4.79 Å². The van der Waals surface area contributed by atoms with E-state index in [0.717, 1.165) is 6.42 Å². The van der Waals surface area contributed by atoms with Gasteiger partial charge in [-0.05, 0) is 12.0 Å². The van der Waals surface area contributed by atoms with Crippen LogP contribution in [0.3, 0.4) is 0 Å². The van der Waals surface area contributed by atoms with Crippen molar-refractivity contribution in [3.05, 3.63) is 42.5 Å². The second-order valence-electron chi connectivity index (χ2n) is 5.92. The van der Waals surface area contributed by atoms with Gasteiger partial charge in [-0.15, -0.1) is 0 Å². The molecule has 2 nitrogen and oxygen atoms in total. The van der Waals surface area contributed by atoms with Crippen LogP contribution in [0, 0.1) is 5.92 Å². The zero-order valence-corrected chi connectivity index (χ0v) is 11.9. The van der Waals surface area contributed by atoms with Gasteiger partial charge < -0.3 is 5.32 Å². The molecule has 1 saturated heterocycles. The molecule has 1 N–H and O–H groups in total. The highest BCUT2D eigenvalue weighted by molar-refractivity contribution is 6.91. The van der Waals surface area contributed by atoms with E-state index in [2.05, 4.69) is 60.9 Å². The molecule has 1 fully saturated rings. The van der Waals surface area contributed by atoms with Gasteiger partial charge in [-0.1, -0.05) is 60.8 Å². The number of amides is 1. The summed E-state index contributed by atoms with van der Waals surface area (Å²) < 4.78 is 0. The number of nitrogens with one attached hydrogen (secondary N) is 1. The molecule has 2 aliphatic rings. The van der Waals surface area contributed by atoms with Gasteiger partial charge in [0.25, 0.3) is 0 Å². The Labute approximate surface area is 109 Å². The number of hydrogen-bond donors (Lipinski definition) is 1. The molecule has 1 aromatic rings. The van der Waals surface area contributed by atoms with Gasteiger partial charge in [-0.25, -0.2) is 0 Å². The summed E-state index contributed by atoms with van der Waals surface area (Å²) in [5.74, 6) is 0.452. The summed E-state index contributed by atoms with van der Waals surface area (Å²) in [6, 6.07) is 11.0. The third-order valence-corrected chi connectivity index (χ3v) is 8.80. The number of allylic oxidation sites excluding steroid dienone is 1. The van der Waals surface area contributed by atoms with Crippen LogP contribution in [0.1, 0.15) is 6.42 Å². The van der Waals surface area contributed by atoms with Crippen molar-refractivity contribution in [2.45, 2.75) is 31.1 Å². The normalized spacial score (nSPS) is 30.3. The molecule has 0 aromatic heterocycles. The Morgan fingerprint density at radius 3 is 2.61 bits per heavy atom. The minimum absolute atomic E-state index is 0.196. The zero-order chi connectivity index (χ0) is 12.8. The van der Waals surface area contributed by atoms with Crippen molar-refractivity contribution in [1.82, 2.24) is 5.32 Å². The third-order valence-electron chi connectivity index (χ3n) is 4.55. The topological polar surface area (TPSA) is 29.1 Å². The fraction of sp³-hybridized carbons (Fsp3) is 0.400. The quantitative estimate of drug-likeness (QED) is 0.637. The second kappa shape index (κ2) is 4.09. The molecular formula is C15H19NOSi. The lowest BCUT2D eigenvalue weighted by atomic mass is 9.95. The van der Waals surface area contributed by atoms with E-state index in [4.69, 9.17) is 0 Å². The summed E-state index contributed by atoms with van der Waals surface area (Å²) in [6.07, 6.45) is 5.28. The van der Waals surface area contributed by atoms with E-state index in [0.29, 0.717) is 5.54 Å². The molecule has 18 heavy (non-hydrogen) atoms. The summed E-state index contributed by atoms with van der Waals surface area (Å²) >= 11 is 0. The average molecular weight is 257 g/mol. The number of fused-ring (bicyclic) bond motifs is 2. The summed E-state index contributed by atoms with van der Waals surface area (Å²) in [7, 11) is -1.62. The third kappa shape index (κ3) is 1.65. The molecule has 1 unspecified atom stereocenters. The average Bonchev–Trinajstić information content (AvgIpc) is 2.58. The van der Waals surface area contributed by atoms with Gasteiger partial charge in [0, 0.05) is 12.0 Å². The molecule has 3 atom stereocenters. The van der Waals surface area contributed by atoms with Crippen molar-refractivity contribution in [3.8, 4) is 0 Å². The van der Waals surface area contributed by atoms with E-state index in [1.807, 2.05) is 0 Å². The Balaban J connectivity index is 2.00. The lowest BCUT2D eigenvalue weighted by molar-refractivity contribution is -0.122. The maximum Gasteiger partial charge on any atom is 0.223 e. The van der Waals surface area contributed by atoms with Crippen LogP contribution in [0.5, 0.6) is 0 Å². The number of rotatable bonds is 2. The van der Waals surface area contributed by atoms with Crippen LogP contribution in [0.15, 0.2) is 42.5 Å². The Hall–Kier alpha value is -1.35. The summed E-state index contributed by atoms with van der Waals surface area (Å²) in [5.41, 5.74) is 0.498. The first-order chi connectivity index (χ1) is 8.60. The van der Waals surface area contributed by atoms with Crippen LogP contribution in [0.4, 0.5) is 0 Å². The smallest absolute Gasteiger partial charge is 0.223 e. The minimum Gasteiger partial charge on any atom is -0.350 e. The zero-order valence-electron chi connectivity index (χ0n) is 10.9. The van der Waals surface area contributed by atoms with E-state index in [-0.39, 0.29) is 17.9 Å². The standard InChI is InChI=1S/C15H19NOSi/c1-18(2,11-7-4-3-5-8-11)14-12-9-6-10-13(14)16-15(12)17/h3-8,10,12-14H,9H2,1-2H3,(H,16,17)/t12-,13+,14?/m0/s1. The number of benzene rings is 1. The number of carbonyl (C=O) groups excluding carboxylic acids is 1. The van der Waals surface area contributed by atoms with Gasteiger partial charge in [0.05, 0.1) is 8.07 Å². The van der Waals surface area contributed by atoms with Crippen molar-refractivity contribution >= 4 is 19.2 Å². The van der Waals surface area contributed by atoms with Crippen LogP contribution in [0.2, 0.25) is 18.6 Å². The molecule has 1 aliphatic heterocycles. The Morgan fingerprint density at radius 2 is 1.94 bits per heavy atom. The van der Waals surface area contributed by atoms with Gasteiger partial charge in [0.2, 0.25) is 5.91 Å². The highest BCUT2D eigenvalue weighted by Gasteiger charge is 2.51. The fourth-order valence-electron chi connectivity index (χ4n) is 3.58. The largest absolute Gasteiger partial charge is 0.350 e. The molecule has 2 bridgehead atoms. The molecule has 3 heteroatoms. The van der Waals surface area contributed by atoms with Crippen molar-refractivity contribution in [1.29, 1.82) is 0 Å². The fourth-order valence-corrected chi connectivity index (χ4v) is 7.40. The second-order valence-corrected chi connectivity index (χ2v) is 10.6. The molecular weight excluding hydrogens is 238 g/mol. The Bertz CT molecular complexity index is 494. The summed E-state index contributed by atoms with van der Waals surface area (Å²) in [5, 5.41) is 4.61. The van der Waals surface area contributed by atoms with Crippen LogP contribution >= 0.6 is 0 Å². The summed E-state index contributed by atoms with van der Waals surface area (Å²) in [4.78, 5) is 12.0. The predicted molar refractivity (Wildman–Crippen MR) is 76.5 cm³/mol. The van der Waals surface area contributed by atoms with E-state index < -0.39 is 8.07 Å². The van der Waals surface area contributed by atoms with Crippen LogP contribution < -0.4 is 10.5 Å². The molecule has 0 saturated carbocycles. The lowest BCUT2D eigenvalue weighted by Gasteiger charge is -2.37. The van der Waals surface area contributed by atoms with Gasteiger partial charge in [-0.3, -0.25) is 4.79 Å². The predicted octanol–water partition coefficient (Wildman–Crippen LogP) is 2.05.